The molecule has 0 unspecified atom stereocenters. The summed E-state index contributed by atoms with van der Waals surface area (Å²) in [6.07, 6.45) is 1.87. The average Bonchev–Trinajstić information content (AvgIpc) is 2.57. The lowest BCUT2D eigenvalue weighted by Crippen LogP contribution is -2.28. The lowest BCUT2D eigenvalue weighted by molar-refractivity contribution is 0.582. The van der Waals surface area contributed by atoms with Crippen molar-refractivity contribution in [3.05, 3.63) is 52.7 Å². The molecule has 0 fully saturated rings. The molecule has 0 bridgehead atoms. The van der Waals surface area contributed by atoms with Crippen LogP contribution in [0.15, 0.2) is 24.3 Å². The number of rotatable bonds is 6. The molecule has 2 heterocycles. The molecule has 3 rings (SSSR count). The zero-order valence-corrected chi connectivity index (χ0v) is 14.7. The molecule has 134 valence electrons. The number of hydrogen-bond acceptors (Lipinski definition) is 6. The standard InChI is InChI=1S/C16H20FN5O2S/c1-25(23,24)20-10-15-21-14-9-18-6-5-13(14)16(22-15)19-8-11-3-2-4-12(17)7-11/h2-4,7,18,20H,5-6,8-10H2,1H3,(H,19,21,22). The van der Waals surface area contributed by atoms with Crippen LogP contribution in [0.4, 0.5) is 10.2 Å². The van der Waals surface area contributed by atoms with Crippen LogP contribution in [-0.2, 0) is 36.1 Å². The molecule has 0 saturated heterocycles. The highest BCUT2D eigenvalue weighted by atomic mass is 32.2. The number of nitrogens with one attached hydrogen (secondary N) is 3. The second-order valence-corrected chi connectivity index (χ2v) is 7.75. The first-order valence-electron chi connectivity index (χ1n) is 7.93. The van der Waals surface area contributed by atoms with Crippen LogP contribution in [0.3, 0.4) is 0 Å². The highest BCUT2D eigenvalue weighted by molar-refractivity contribution is 7.88. The Morgan fingerprint density at radius 3 is 2.88 bits per heavy atom. The Labute approximate surface area is 146 Å². The Bertz CT molecular complexity index is 873. The van der Waals surface area contributed by atoms with E-state index in [0.717, 1.165) is 36.0 Å². The van der Waals surface area contributed by atoms with E-state index in [4.69, 9.17) is 0 Å². The van der Waals surface area contributed by atoms with E-state index in [1.165, 1.54) is 12.1 Å². The average molecular weight is 365 g/mol. The Hall–Kier alpha value is -2.10. The maximum atomic E-state index is 13.3. The SMILES string of the molecule is CS(=O)(=O)NCc1nc2c(c(NCc3cccc(F)c3)n1)CCNC2. The van der Waals surface area contributed by atoms with Crippen LogP contribution in [0, 0.1) is 5.82 Å². The topological polar surface area (TPSA) is 96.0 Å². The van der Waals surface area contributed by atoms with Crippen LogP contribution in [0.1, 0.15) is 22.6 Å². The molecule has 0 aliphatic carbocycles. The molecule has 1 aromatic carbocycles. The van der Waals surface area contributed by atoms with Gasteiger partial charge in [-0.05, 0) is 30.7 Å². The van der Waals surface area contributed by atoms with Gasteiger partial charge >= 0.3 is 0 Å². The van der Waals surface area contributed by atoms with Gasteiger partial charge < -0.3 is 10.6 Å². The molecule has 25 heavy (non-hydrogen) atoms. The predicted octanol–water partition coefficient (Wildman–Crippen LogP) is 0.923. The van der Waals surface area contributed by atoms with Gasteiger partial charge in [-0.2, -0.15) is 0 Å². The van der Waals surface area contributed by atoms with Crippen molar-refractivity contribution in [2.45, 2.75) is 26.1 Å². The molecular weight excluding hydrogens is 345 g/mol. The van der Waals surface area contributed by atoms with E-state index < -0.39 is 10.0 Å². The molecule has 7 nitrogen and oxygen atoms in total. The zero-order valence-electron chi connectivity index (χ0n) is 13.8. The molecule has 1 aliphatic heterocycles. The summed E-state index contributed by atoms with van der Waals surface area (Å²) in [5.41, 5.74) is 2.67. The number of benzene rings is 1. The fraction of sp³-hybridized carbons (Fsp3) is 0.375. The minimum Gasteiger partial charge on any atom is -0.366 e. The zero-order chi connectivity index (χ0) is 17.9. The predicted molar refractivity (Wildman–Crippen MR) is 92.9 cm³/mol. The van der Waals surface area contributed by atoms with Gasteiger partial charge in [0, 0.05) is 18.7 Å². The van der Waals surface area contributed by atoms with Gasteiger partial charge in [-0.25, -0.2) is 27.5 Å². The molecule has 0 spiro atoms. The quantitative estimate of drug-likeness (QED) is 0.705. The van der Waals surface area contributed by atoms with Crippen molar-refractivity contribution in [3.8, 4) is 0 Å². The summed E-state index contributed by atoms with van der Waals surface area (Å²) < 4.78 is 38.3. The molecule has 0 atom stereocenters. The summed E-state index contributed by atoms with van der Waals surface area (Å²) in [6.45, 7) is 1.89. The van der Waals surface area contributed by atoms with E-state index in [1.54, 1.807) is 6.07 Å². The first-order valence-corrected chi connectivity index (χ1v) is 9.82. The highest BCUT2D eigenvalue weighted by Gasteiger charge is 2.18. The third-order valence-corrected chi connectivity index (χ3v) is 4.49. The molecule has 1 aromatic heterocycles. The highest BCUT2D eigenvalue weighted by Crippen LogP contribution is 2.21. The largest absolute Gasteiger partial charge is 0.366 e. The van der Waals surface area contributed by atoms with E-state index in [9.17, 15) is 12.8 Å². The van der Waals surface area contributed by atoms with Crippen molar-refractivity contribution >= 4 is 15.8 Å². The second-order valence-electron chi connectivity index (χ2n) is 5.92. The number of fused-ring (bicyclic) bond motifs is 1. The van der Waals surface area contributed by atoms with Gasteiger partial charge in [-0.1, -0.05) is 12.1 Å². The van der Waals surface area contributed by atoms with Gasteiger partial charge in [0.25, 0.3) is 0 Å². The molecular formula is C16H20FN5O2S. The second kappa shape index (κ2) is 7.42. The lowest BCUT2D eigenvalue weighted by atomic mass is 10.1. The van der Waals surface area contributed by atoms with Crippen LogP contribution in [0.25, 0.3) is 0 Å². The lowest BCUT2D eigenvalue weighted by Gasteiger charge is -2.21. The van der Waals surface area contributed by atoms with Crippen molar-refractivity contribution in [2.24, 2.45) is 0 Å². The fourth-order valence-electron chi connectivity index (χ4n) is 2.66. The molecule has 9 heteroatoms. The normalized spacial score (nSPS) is 14.2. The van der Waals surface area contributed by atoms with E-state index in [2.05, 4.69) is 25.3 Å². The van der Waals surface area contributed by atoms with Gasteiger partial charge in [-0.3, -0.25) is 0 Å². The van der Waals surface area contributed by atoms with Gasteiger partial charge in [0.05, 0.1) is 18.5 Å². The number of anilines is 1. The van der Waals surface area contributed by atoms with Gasteiger partial charge in [0.15, 0.2) is 0 Å². The Morgan fingerprint density at radius 1 is 1.28 bits per heavy atom. The van der Waals surface area contributed by atoms with Crippen LogP contribution in [0.5, 0.6) is 0 Å². The van der Waals surface area contributed by atoms with E-state index in [1.807, 2.05) is 6.07 Å². The Morgan fingerprint density at radius 2 is 2.12 bits per heavy atom. The Kier molecular flexibility index (Phi) is 5.26. The molecule has 0 radical (unpaired) electrons. The van der Waals surface area contributed by atoms with Gasteiger partial charge in [-0.15, -0.1) is 0 Å². The molecule has 2 aromatic rings. The minimum atomic E-state index is -3.32. The fourth-order valence-corrected chi connectivity index (χ4v) is 3.06. The third kappa shape index (κ3) is 4.94. The van der Waals surface area contributed by atoms with E-state index in [0.29, 0.717) is 24.7 Å². The summed E-state index contributed by atoms with van der Waals surface area (Å²) >= 11 is 0. The summed E-state index contributed by atoms with van der Waals surface area (Å²) in [7, 11) is -3.32. The number of nitrogens with zero attached hydrogens (tertiary/aromatic N) is 2. The molecule has 3 N–H and O–H groups in total. The van der Waals surface area contributed by atoms with Crippen molar-refractivity contribution in [3.63, 3.8) is 0 Å². The van der Waals surface area contributed by atoms with E-state index in [-0.39, 0.29) is 12.4 Å². The molecule has 0 saturated carbocycles. The first kappa shape index (κ1) is 17.7. The summed E-state index contributed by atoms with van der Waals surface area (Å²) in [4.78, 5) is 8.90. The number of sulfonamides is 1. The summed E-state index contributed by atoms with van der Waals surface area (Å²) in [6, 6.07) is 6.36. The molecule has 1 aliphatic rings. The van der Waals surface area contributed by atoms with Crippen LogP contribution in [-0.4, -0.2) is 31.2 Å². The van der Waals surface area contributed by atoms with Gasteiger partial charge in [0.1, 0.15) is 17.5 Å². The van der Waals surface area contributed by atoms with Crippen molar-refractivity contribution < 1.29 is 12.8 Å². The maximum absolute atomic E-state index is 13.3. The maximum Gasteiger partial charge on any atom is 0.209 e. The van der Waals surface area contributed by atoms with Crippen LogP contribution >= 0.6 is 0 Å². The van der Waals surface area contributed by atoms with Gasteiger partial charge in [0.2, 0.25) is 10.0 Å². The Balaban J connectivity index is 1.82. The smallest absolute Gasteiger partial charge is 0.209 e. The van der Waals surface area contributed by atoms with E-state index >= 15 is 0 Å². The van der Waals surface area contributed by atoms with Crippen molar-refractivity contribution in [1.29, 1.82) is 0 Å². The number of aromatic nitrogens is 2. The minimum absolute atomic E-state index is 0.0285. The van der Waals surface area contributed by atoms with Crippen LogP contribution in [0.2, 0.25) is 0 Å². The third-order valence-electron chi connectivity index (χ3n) is 3.82. The first-order chi connectivity index (χ1) is 11.9. The van der Waals surface area contributed by atoms with Crippen LogP contribution < -0.4 is 15.4 Å². The van der Waals surface area contributed by atoms with Crippen molar-refractivity contribution in [1.82, 2.24) is 20.0 Å². The molecule has 0 amide bonds. The summed E-state index contributed by atoms with van der Waals surface area (Å²) in [5.74, 6) is 0.780. The monoisotopic (exact) mass is 365 g/mol. The van der Waals surface area contributed by atoms with Crippen molar-refractivity contribution in [2.75, 3.05) is 18.1 Å². The number of hydrogen-bond donors (Lipinski definition) is 3. The number of halogens is 1. The summed E-state index contributed by atoms with van der Waals surface area (Å²) in [5, 5.41) is 6.47.